The standard InChI is InChI=1S/C23H18Cl2FN3O2/c1-31-15-5-2-13(3-6-15)12-29-21(16-10-14(26)4-7-17(16)24)20-18(25)11-19-27-8-9-28(19)22(20)23(29)30/h2-11,21-22,27H,12H2,1H3. The summed E-state index contributed by atoms with van der Waals surface area (Å²) in [6.07, 6.45) is 5.33. The first-order valence-electron chi connectivity index (χ1n) is 9.69. The third-order valence-electron chi connectivity index (χ3n) is 5.74. The topological polar surface area (TPSA) is 44.8 Å². The molecule has 0 aromatic heterocycles. The van der Waals surface area contributed by atoms with Crippen LogP contribution in [0.1, 0.15) is 17.2 Å². The molecule has 0 spiro atoms. The molecule has 158 valence electrons. The first-order chi connectivity index (χ1) is 15.0. The molecule has 0 radical (unpaired) electrons. The molecule has 8 heteroatoms. The van der Waals surface area contributed by atoms with Crippen molar-refractivity contribution in [3.05, 3.63) is 99.3 Å². The minimum Gasteiger partial charge on any atom is -0.497 e. The van der Waals surface area contributed by atoms with E-state index in [2.05, 4.69) is 5.32 Å². The number of amides is 1. The fourth-order valence-corrected chi connectivity index (χ4v) is 4.85. The highest BCUT2D eigenvalue weighted by molar-refractivity contribution is 6.33. The smallest absolute Gasteiger partial charge is 0.251 e. The lowest BCUT2D eigenvalue weighted by Gasteiger charge is -2.29. The van der Waals surface area contributed by atoms with Crippen molar-refractivity contribution in [2.45, 2.75) is 18.6 Å². The van der Waals surface area contributed by atoms with Crippen molar-refractivity contribution >= 4 is 29.1 Å². The Morgan fingerprint density at radius 1 is 1.13 bits per heavy atom. The Morgan fingerprint density at radius 2 is 1.90 bits per heavy atom. The lowest BCUT2D eigenvalue weighted by Crippen LogP contribution is -2.40. The molecule has 3 aliphatic rings. The van der Waals surface area contributed by atoms with Gasteiger partial charge in [0.05, 0.1) is 13.2 Å². The van der Waals surface area contributed by atoms with Crippen molar-refractivity contribution in [1.82, 2.24) is 15.1 Å². The van der Waals surface area contributed by atoms with E-state index < -0.39 is 17.9 Å². The second-order valence-electron chi connectivity index (χ2n) is 7.49. The largest absolute Gasteiger partial charge is 0.497 e. The zero-order valence-corrected chi connectivity index (χ0v) is 18.0. The lowest BCUT2D eigenvalue weighted by atomic mass is 9.94. The van der Waals surface area contributed by atoms with Gasteiger partial charge < -0.3 is 19.9 Å². The van der Waals surface area contributed by atoms with Crippen LogP contribution in [0.2, 0.25) is 5.02 Å². The molecule has 2 atom stereocenters. The number of nitrogens with zero attached hydrogens (tertiary/aromatic N) is 2. The van der Waals surface area contributed by atoms with Crippen LogP contribution in [0, 0.1) is 5.82 Å². The summed E-state index contributed by atoms with van der Waals surface area (Å²) < 4.78 is 19.4. The maximum Gasteiger partial charge on any atom is 0.251 e. The minimum atomic E-state index is -0.624. The molecule has 31 heavy (non-hydrogen) atoms. The number of halogens is 3. The molecule has 2 aromatic carbocycles. The van der Waals surface area contributed by atoms with Crippen molar-refractivity contribution in [3.8, 4) is 5.75 Å². The fraction of sp³-hybridized carbons (Fsp3) is 0.174. The molecule has 3 heterocycles. The van der Waals surface area contributed by atoms with Gasteiger partial charge in [-0.25, -0.2) is 4.39 Å². The number of likely N-dealkylation sites (tertiary alicyclic amines) is 1. The third kappa shape index (κ3) is 3.27. The molecular weight excluding hydrogens is 440 g/mol. The molecule has 0 aliphatic carbocycles. The van der Waals surface area contributed by atoms with Gasteiger partial charge in [0.2, 0.25) is 0 Å². The van der Waals surface area contributed by atoms with Crippen LogP contribution < -0.4 is 10.1 Å². The molecule has 1 amide bonds. The number of hydrogen-bond donors (Lipinski definition) is 1. The van der Waals surface area contributed by atoms with E-state index >= 15 is 0 Å². The fourth-order valence-electron chi connectivity index (χ4n) is 4.32. The van der Waals surface area contributed by atoms with Gasteiger partial charge in [0.15, 0.2) is 0 Å². The summed E-state index contributed by atoms with van der Waals surface area (Å²) in [4.78, 5) is 17.2. The summed E-state index contributed by atoms with van der Waals surface area (Å²) in [5.41, 5.74) is 2.10. The highest BCUT2D eigenvalue weighted by Gasteiger charge is 2.51. The van der Waals surface area contributed by atoms with Crippen LogP contribution in [0.25, 0.3) is 0 Å². The summed E-state index contributed by atoms with van der Waals surface area (Å²) in [6.45, 7) is 0.310. The second kappa shape index (κ2) is 7.62. The number of allylic oxidation sites excluding steroid dienone is 2. The normalized spacial score (nSPS) is 21.8. The average Bonchev–Trinajstić information content (AvgIpc) is 3.33. The maximum atomic E-state index is 14.2. The van der Waals surface area contributed by atoms with Crippen molar-refractivity contribution in [2.24, 2.45) is 0 Å². The maximum absolute atomic E-state index is 14.2. The summed E-state index contributed by atoms with van der Waals surface area (Å²) in [6, 6.07) is 10.4. The van der Waals surface area contributed by atoms with E-state index in [1.165, 1.54) is 18.2 Å². The highest BCUT2D eigenvalue weighted by Crippen LogP contribution is 2.48. The van der Waals surface area contributed by atoms with Crippen molar-refractivity contribution in [3.63, 3.8) is 0 Å². The predicted molar refractivity (Wildman–Crippen MR) is 117 cm³/mol. The lowest BCUT2D eigenvalue weighted by molar-refractivity contribution is -0.132. The molecule has 5 rings (SSSR count). The Balaban J connectivity index is 1.63. The van der Waals surface area contributed by atoms with E-state index in [1.54, 1.807) is 30.5 Å². The molecule has 1 saturated heterocycles. The van der Waals surface area contributed by atoms with Gasteiger partial charge in [0, 0.05) is 40.1 Å². The van der Waals surface area contributed by atoms with Gasteiger partial charge in [-0.2, -0.15) is 0 Å². The molecule has 2 unspecified atom stereocenters. The zero-order chi connectivity index (χ0) is 21.7. The van der Waals surface area contributed by atoms with Gasteiger partial charge in [-0.15, -0.1) is 0 Å². The summed E-state index contributed by atoms with van der Waals surface area (Å²) >= 11 is 13.2. The average molecular weight is 458 g/mol. The van der Waals surface area contributed by atoms with Crippen molar-refractivity contribution in [1.29, 1.82) is 0 Å². The quantitative estimate of drug-likeness (QED) is 0.724. The second-order valence-corrected chi connectivity index (χ2v) is 8.30. The minimum absolute atomic E-state index is 0.131. The number of benzene rings is 2. The number of carbonyl (C=O) groups excluding carboxylic acids is 1. The molecule has 0 saturated carbocycles. The predicted octanol–water partition coefficient (Wildman–Crippen LogP) is 4.66. The van der Waals surface area contributed by atoms with E-state index in [0.717, 1.165) is 17.1 Å². The molecule has 1 N–H and O–H groups in total. The number of methoxy groups -OCH3 is 1. The van der Waals surface area contributed by atoms with Crippen LogP contribution in [0.3, 0.4) is 0 Å². The first-order valence-corrected chi connectivity index (χ1v) is 10.4. The Labute approximate surface area is 189 Å². The van der Waals surface area contributed by atoms with Crippen LogP contribution in [-0.4, -0.2) is 28.9 Å². The summed E-state index contributed by atoms with van der Waals surface area (Å²) in [5.74, 6) is 0.893. The van der Waals surface area contributed by atoms with Crippen LogP contribution in [0.15, 0.2) is 77.4 Å². The van der Waals surface area contributed by atoms with Crippen LogP contribution in [0.4, 0.5) is 4.39 Å². The molecular formula is C23H18Cl2FN3O2. The zero-order valence-electron chi connectivity index (χ0n) is 16.5. The van der Waals surface area contributed by atoms with Gasteiger partial charge in [0.1, 0.15) is 23.4 Å². The third-order valence-corrected chi connectivity index (χ3v) is 6.42. The van der Waals surface area contributed by atoms with Crippen LogP contribution >= 0.6 is 23.2 Å². The number of hydrogen-bond acceptors (Lipinski definition) is 4. The van der Waals surface area contributed by atoms with Crippen LogP contribution in [-0.2, 0) is 11.3 Å². The van der Waals surface area contributed by atoms with E-state index in [9.17, 15) is 9.18 Å². The summed E-state index contributed by atoms with van der Waals surface area (Å²) in [5, 5.41) is 3.92. The SMILES string of the molecule is COc1ccc(CN2C(=O)C3C(=C(Cl)C=C4NC=CN43)C2c2cc(F)ccc2Cl)cc1. The Kier molecular flexibility index (Phi) is 4.91. The van der Waals surface area contributed by atoms with Gasteiger partial charge >= 0.3 is 0 Å². The van der Waals surface area contributed by atoms with Crippen molar-refractivity contribution in [2.75, 3.05) is 7.11 Å². The van der Waals surface area contributed by atoms with Crippen molar-refractivity contribution < 1.29 is 13.9 Å². The van der Waals surface area contributed by atoms with E-state index in [4.69, 9.17) is 27.9 Å². The molecule has 0 bridgehead atoms. The Hall–Kier alpha value is -2.96. The first kappa shape index (κ1) is 20.0. The van der Waals surface area contributed by atoms with E-state index in [-0.39, 0.29) is 5.91 Å². The summed E-state index contributed by atoms with van der Waals surface area (Å²) in [7, 11) is 1.60. The van der Waals surface area contributed by atoms with Gasteiger partial charge in [-0.1, -0.05) is 35.3 Å². The number of nitrogens with one attached hydrogen (secondary N) is 1. The van der Waals surface area contributed by atoms with Gasteiger partial charge in [-0.05, 0) is 42.0 Å². The number of ether oxygens (including phenoxy) is 1. The number of fused-ring (bicyclic) bond motifs is 3. The molecule has 5 nitrogen and oxygen atoms in total. The molecule has 1 fully saturated rings. The van der Waals surface area contributed by atoms with Crippen LogP contribution in [0.5, 0.6) is 5.75 Å². The van der Waals surface area contributed by atoms with Gasteiger partial charge in [0.25, 0.3) is 5.91 Å². The molecule has 3 aliphatic heterocycles. The number of rotatable bonds is 4. The monoisotopic (exact) mass is 457 g/mol. The molecule has 2 aromatic rings. The van der Waals surface area contributed by atoms with E-state index in [0.29, 0.717) is 27.7 Å². The van der Waals surface area contributed by atoms with Gasteiger partial charge in [-0.3, -0.25) is 4.79 Å². The highest BCUT2D eigenvalue weighted by atomic mass is 35.5. The van der Waals surface area contributed by atoms with E-state index in [1.807, 2.05) is 29.2 Å². The number of carbonyl (C=O) groups is 1. The Bertz CT molecular complexity index is 1160. The Morgan fingerprint density at radius 3 is 2.65 bits per heavy atom.